The Hall–Kier alpha value is -1.16. The molecule has 0 saturated heterocycles. The van der Waals surface area contributed by atoms with E-state index in [1.54, 1.807) is 0 Å². The van der Waals surface area contributed by atoms with Crippen LogP contribution in [0.5, 0.6) is 0 Å². The van der Waals surface area contributed by atoms with E-state index in [-0.39, 0.29) is 6.61 Å². The third kappa shape index (κ3) is 1.99. The van der Waals surface area contributed by atoms with Crippen molar-refractivity contribution in [2.24, 2.45) is 0 Å². The van der Waals surface area contributed by atoms with Gasteiger partial charge in [0.2, 0.25) is 0 Å². The summed E-state index contributed by atoms with van der Waals surface area (Å²) in [5, 5.41) is 22.5. The molecule has 1 aromatic rings. The predicted octanol–water partition coefficient (Wildman–Crippen LogP) is 2.78. The van der Waals surface area contributed by atoms with Crippen molar-refractivity contribution in [2.75, 3.05) is 0 Å². The molecule has 3 nitrogen and oxygen atoms in total. The van der Waals surface area contributed by atoms with Gasteiger partial charge in [0.1, 0.15) is 0 Å². The molecule has 0 atom stereocenters. The molecule has 1 aromatic carbocycles. The minimum Gasteiger partial charge on any atom is -0.392 e. The molecule has 2 rings (SSSR count). The van der Waals surface area contributed by atoms with Crippen molar-refractivity contribution in [3.05, 3.63) is 41.5 Å². The maximum atomic E-state index is 12.3. The van der Waals surface area contributed by atoms with Crippen molar-refractivity contribution >= 4 is 5.57 Å². The molecule has 18 heavy (non-hydrogen) atoms. The highest BCUT2D eigenvalue weighted by Gasteiger charge is 2.46. The van der Waals surface area contributed by atoms with Gasteiger partial charge in [-0.1, -0.05) is 30.3 Å². The number of hydroxylamine groups is 2. The Labute approximate surface area is 108 Å². The van der Waals surface area contributed by atoms with Crippen LogP contribution in [0, 0.1) is 0 Å². The highest BCUT2D eigenvalue weighted by molar-refractivity contribution is 5.76. The Bertz CT molecular complexity index is 472. The number of nitrogens with zero attached hydrogens (tertiary/aromatic N) is 1. The SMILES string of the molecule is CC1(C)C=C(c2ccc(CO)cc2)C(C)(C)N1[O]. The van der Waals surface area contributed by atoms with Crippen LogP contribution in [0.3, 0.4) is 0 Å². The van der Waals surface area contributed by atoms with Gasteiger partial charge in [0.15, 0.2) is 0 Å². The summed E-state index contributed by atoms with van der Waals surface area (Å²) in [4.78, 5) is 0. The first-order valence-electron chi connectivity index (χ1n) is 6.20. The highest BCUT2D eigenvalue weighted by Crippen LogP contribution is 2.43. The molecule has 1 aliphatic rings. The quantitative estimate of drug-likeness (QED) is 0.872. The average Bonchev–Trinajstić information content (AvgIpc) is 2.50. The first-order chi connectivity index (χ1) is 8.29. The summed E-state index contributed by atoms with van der Waals surface area (Å²) < 4.78 is 0. The zero-order chi connectivity index (χ0) is 13.6. The van der Waals surface area contributed by atoms with Gasteiger partial charge >= 0.3 is 0 Å². The third-order valence-corrected chi connectivity index (χ3v) is 3.64. The Kier molecular flexibility index (Phi) is 3.09. The fourth-order valence-corrected chi connectivity index (χ4v) is 2.64. The largest absolute Gasteiger partial charge is 0.392 e. The summed E-state index contributed by atoms with van der Waals surface area (Å²) in [7, 11) is 0. The maximum Gasteiger partial charge on any atom is 0.0698 e. The second-order valence-electron chi connectivity index (χ2n) is 5.92. The lowest BCUT2D eigenvalue weighted by atomic mass is 9.90. The van der Waals surface area contributed by atoms with Gasteiger partial charge in [0.25, 0.3) is 0 Å². The fourth-order valence-electron chi connectivity index (χ4n) is 2.64. The average molecular weight is 246 g/mol. The maximum absolute atomic E-state index is 12.3. The van der Waals surface area contributed by atoms with Crippen LogP contribution in [0.2, 0.25) is 0 Å². The van der Waals surface area contributed by atoms with Crippen LogP contribution in [0.15, 0.2) is 30.3 Å². The van der Waals surface area contributed by atoms with Gasteiger partial charge in [0.05, 0.1) is 17.7 Å². The summed E-state index contributed by atoms with van der Waals surface area (Å²) >= 11 is 0. The molecule has 1 heterocycles. The lowest BCUT2D eigenvalue weighted by molar-refractivity contribution is -0.234. The van der Waals surface area contributed by atoms with Gasteiger partial charge in [-0.15, -0.1) is 10.3 Å². The van der Waals surface area contributed by atoms with Gasteiger partial charge in [-0.25, -0.2) is 0 Å². The Morgan fingerprint density at radius 1 is 1.11 bits per heavy atom. The van der Waals surface area contributed by atoms with E-state index in [0.717, 1.165) is 21.8 Å². The number of hydrogen-bond acceptors (Lipinski definition) is 2. The smallest absolute Gasteiger partial charge is 0.0698 e. The number of aliphatic hydroxyl groups excluding tert-OH is 1. The molecule has 1 radical (unpaired) electrons. The molecular weight excluding hydrogens is 226 g/mol. The molecule has 0 aliphatic carbocycles. The van der Waals surface area contributed by atoms with Crippen LogP contribution in [0.4, 0.5) is 0 Å². The van der Waals surface area contributed by atoms with Crippen molar-refractivity contribution in [1.29, 1.82) is 0 Å². The zero-order valence-electron chi connectivity index (χ0n) is 11.4. The fraction of sp³-hybridized carbons (Fsp3) is 0.467. The first kappa shape index (κ1) is 13.3. The van der Waals surface area contributed by atoms with Crippen molar-refractivity contribution in [3.8, 4) is 0 Å². The van der Waals surface area contributed by atoms with Crippen LogP contribution >= 0.6 is 0 Å². The number of rotatable bonds is 2. The normalized spacial score (nSPS) is 22.0. The van der Waals surface area contributed by atoms with E-state index in [4.69, 9.17) is 5.11 Å². The van der Waals surface area contributed by atoms with Gasteiger partial charge in [-0.2, -0.15) is 0 Å². The molecule has 1 aliphatic heterocycles. The summed E-state index contributed by atoms with van der Waals surface area (Å²) in [5.41, 5.74) is 1.97. The highest BCUT2D eigenvalue weighted by atomic mass is 16.5. The Morgan fingerprint density at radius 3 is 2.06 bits per heavy atom. The number of hydrogen-bond donors (Lipinski definition) is 1. The topological polar surface area (TPSA) is 43.4 Å². The molecule has 3 heteroatoms. The molecule has 1 N–H and O–H groups in total. The van der Waals surface area contributed by atoms with Gasteiger partial charge in [0, 0.05) is 0 Å². The van der Waals surface area contributed by atoms with E-state index >= 15 is 0 Å². The summed E-state index contributed by atoms with van der Waals surface area (Å²) in [6, 6.07) is 7.72. The first-order valence-corrected chi connectivity index (χ1v) is 6.20. The Morgan fingerprint density at radius 2 is 1.67 bits per heavy atom. The minimum atomic E-state index is -0.524. The molecule has 0 fully saturated rings. The molecule has 0 spiro atoms. The van der Waals surface area contributed by atoms with E-state index in [9.17, 15) is 5.21 Å². The third-order valence-electron chi connectivity index (χ3n) is 3.64. The van der Waals surface area contributed by atoms with Gasteiger partial charge < -0.3 is 5.11 Å². The van der Waals surface area contributed by atoms with E-state index in [2.05, 4.69) is 0 Å². The molecule has 0 bridgehead atoms. The van der Waals surface area contributed by atoms with Crippen LogP contribution in [-0.2, 0) is 11.8 Å². The van der Waals surface area contributed by atoms with Crippen LogP contribution in [0.1, 0.15) is 38.8 Å². The standard InChI is InChI=1S/C15H20NO2/c1-14(2)9-13(15(3,4)16(14)18)12-7-5-11(10-17)6-8-12/h5-9,17H,10H2,1-4H3. The second kappa shape index (κ2) is 4.19. The summed E-state index contributed by atoms with van der Waals surface area (Å²) in [6.45, 7) is 7.79. The summed E-state index contributed by atoms with van der Waals surface area (Å²) in [6.07, 6.45) is 2.04. The molecule has 97 valence electrons. The van der Waals surface area contributed by atoms with Gasteiger partial charge in [-0.05, 0) is 44.4 Å². The monoisotopic (exact) mass is 246 g/mol. The molecule has 0 aromatic heterocycles. The Balaban J connectivity index is 2.43. The van der Waals surface area contributed by atoms with Crippen LogP contribution < -0.4 is 0 Å². The molecule has 0 amide bonds. The number of benzene rings is 1. The van der Waals surface area contributed by atoms with E-state index in [0.29, 0.717) is 0 Å². The van der Waals surface area contributed by atoms with E-state index in [1.807, 2.05) is 58.0 Å². The van der Waals surface area contributed by atoms with E-state index in [1.165, 1.54) is 0 Å². The molecule has 0 unspecified atom stereocenters. The zero-order valence-corrected chi connectivity index (χ0v) is 11.4. The number of aliphatic hydroxyl groups is 1. The predicted molar refractivity (Wildman–Crippen MR) is 71.0 cm³/mol. The lowest BCUT2D eigenvalue weighted by Crippen LogP contribution is -2.46. The lowest BCUT2D eigenvalue weighted by Gasteiger charge is -2.34. The van der Waals surface area contributed by atoms with Crippen molar-refractivity contribution in [2.45, 2.75) is 45.4 Å². The van der Waals surface area contributed by atoms with Crippen molar-refractivity contribution in [3.63, 3.8) is 0 Å². The summed E-state index contributed by atoms with van der Waals surface area (Å²) in [5.74, 6) is 0. The van der Waals surface area contributed by atoms with Crippen LogP contribution in [-0.4, -0.2) is 21.2 Å². The molecule has 0 saturated carbocycles. The van der Waals surface area contributed by atoms with Gasteiger partial charge in [-0.3, -0.25) is 0 Å². The van der Waals surface area contributed by atoms with E-state index < -0.39 is 11.1 Å². The second-order valence-corrected chi connectivity index (χ2v) is 5.92. The van der Waals surface area contributed by atoms with Crippen molar-refractivity contribution < 1.29 is 10.3 Å². The molecular formula is C15H20NO2. The minimum absolute atomic E-state index is 0.0435. The van der Waals surface area contributed by atoms with Crippen LogP contribution in [0.25, 0.3) is 5.57 Å². The van der Waals surface area contributed by atoms with Crippen molar-refractivity contribution in [1.82, 2.24) is 5.06 Å².